The minimum Gasteiger partial charge on any atom is -0.313 e. The number of benzene rings is 1. The van der Waals surface area contributed by atoms with Crippen molar-refractivity contribution < 1.29 is 13.2 Å². The van der Waals surface area contributed by atoms with Crippen LogP contribution < -0.4 is 5.32 Å². The number of alkyl halides is 3. The van der Waals surface area contributed by atoms with Crippen LogP contribution in [0.2, 0.25) is 0 Å². The highest BCUT2D eigenvalue weighted by Gasteiger charge is 2.38. The third-order valence-corrected chi connectivity index (χ3v) is 3.68. The summed E-state index contributed by atoms with van der Waals surface area (Å²) in [7, 11) is 0. The molecule has 1 aromatic rings. The predicted molar refractivity (Wildman–Crippen MR) is 77.9 cm³/mol. The maximum atomic E-state index is 12.7. The Morgan fingerprint density at radius 2 is 1.86 bits per heavy atom. The van der Waals surface area contributed by atoms with Gasteiger partial charge in [0.25, 0.3) is 0 Å². The normalized spacial score (nSPS) is 15.7. The van der Waals surface area contributed by atoms with Crippen LogP contribution in [0.3, 0.4) is 0 Å². The smallest absolute Gasteiger partial charge is 0.313 e. The Morgan fingerprint density at radius 1 is 1.19 bits per heavy atom. The molecule has 0 atom stereocenters. The van der Waals surface area contributed by atoms with Crippen LogP contribution in [-0.2, 0) is 13.1 Å². The molecule has 0 aliphatic heterocycles. The summed E-state index contributed by atoms with van der Waals surface area (Å²) in [6.07, 6.45) is -1.32. The lowest BCUT2D eigenvalue weighted by molar-refractivity contribution is -0.148. The molecule has 1 N–H and O–H groups in total. The van der Waals surface area contributed by atoms with Gasteiger partial charge < -0.3 is 5.32 Å². The maximum Gasteiger partial charge on any atom is 0.401 e. The first-order valence-electron chi connectivity index (χ1n) is 7.58. The van der Waals surface area contributed by atoms with Gasteiger partial charge >= 0.3 is 6.18 Å². The quantitative estimate of drug-likeness (QED) is 0.736. The molecule has 118 valence electrons. The van der Waals surface area contributed by atoms with E-state index in [9.17, 15) is 13.2 Å². The first-order valence-corrected chi connectivity index (χ1v) is 7.58. The molecule has 0 heterocycles. The lowest BCUT2D eigenvalue weighted by Gasteiger charge is -2.24. The van der Waals surface area contributed by atoms with E-state index in [1.807, 2.05) is 24.3 Å². The molecule has 0 amide bonds. The van der Waals surface area contributed by atoms with Crippen LogP contribution in [0.5, 0.6) is 0 Å². The highest BCUT2D eigenvalue weighted by atomic mass is 19.4. The number of hydrogen-bond acceptors (Lipinski definition) is 2. The number of hydrogen-bond donors (Lipinski definition) is 1. The standard InChI is InChI=1S/C16H23F3N2/c1-2-9-20-10-13-5-3-4-6-14(13)11-21(15-7-8-15)12-16(17,18)19/h3-6,15,20H,2,7-12H2,1H3. The molecule has 0 radical (unpaired) electrons. The van der Waals surface area contributed by atoms with Crippen LogP contribution in [0, 0.1) is 0 Å². The Hall–Kier alpha value is -1.07. The van der Waals surface area contributed by atoms with E-state index in [0.717, 1.165) is 36.9 Å². The van der Waals surface area contributed by atoms with Gasteiger partial charge in [0.15, 0.2) is 0 Å². The number of rotatable bonds is 8. The summed E-state index contributed by atoms with van der Waals surface area (Å²) < 4.78 is 38.1. The molecule has 5 heteroatoms. The Bertz CT molecular complexity index is 441. The van der Waals surface area contributed by atoms with E-state index < -0.39 is 12.7 Å². The zero-order valence-electron chi connectivity index (χ0n) is 12.4. The lowest BCUT2D eigenvalue weighted by Crippen LogP contribution is -2.35. The van der Waals surface area contributed by atoms with Crippen molar-refractivity contribution in [2.75, 3.05) is 13.1 Å². The molecule has 0 saturated heterocycles. The Morgan fingerprint density at radius 3 is 2.43 bits per heavy atom. The summed E-state index contributed by atoms with van der Waals surface area (Å²) in [5.41, 5.74) is 2.09. The summed E-state index contributed by atoms with van der Waals surface area (Å²) >= 11 is 0. The molecule has 1 saturated carbocycles. The van der Waals surface area contributed by atoms with Crippen LogP contribution in [0.4, 0.5) is 13.2 Å². The summed E-state index contributed by atoms with van der Waals surface area (Å²) in [5, 5.41) is 3.32. The SMILES string of the molecule is CCCNCc1ccccc1CN(CC(F)(F)F)C1CC1. The van der Waals surface area contributed by atoms with Crippen molar-refractivity contribution in [3.8, 4) is 0 Å². The van der Waals surface area contributed by atoms with Gasteiger partial charge in [-0.1, -0.05) is 31.2 Å². The van der Waals surface area contributed by atoms with E-state index in [1.165, 1.54) is 0 Å². The topological polar surface area (TPSA) is 15.3 Å². The molecule has 1 aliphatic rings. The fourth-order valence-corrected chi connectivity index (χ4v) is 2.49. The zero-order chi connectivity index (χ0) is 15.3. The van der Waals surface area contributed by atoms with Gasteiger partial charge in [-0.25, -0.2) is 0 Å². The minimum absolute atomic E-state index is 0.100. The van der Waals surface area contributed by atoms with Crippen LogP contribution >= 0.6 is 0 Å². The van der Waals surface area contributed by atoms with Crippen molar-refractivity contribution in [1.29, 1.82) is 0 Å². The highest BCUT2D eigenvalue weighted by molar-refractivity contribution is 5.27. The summed E-state index contributed by atoms with van der Waals surface area (Å²) in [5.74, 6) is 0. The van der Waals surface area contributed by atoms with Gasteiger partial charge in [0.2, 0.25) is 0 Å². The fraction of sp³-hybridized carbons (Fsp3) is 0.625. The van der Waals surface area contributed by atoms with Gasteiger partial charge in [-0.3, -0.25) is 4.90 Å². The van der Waals surface area contributed by atoms with E-state index in [-0.39, 0.29) is 6.04 Å². The molecular formula is C16H23F3N2. The lowest BCUT2D eigenvalue weighted by atomic mass is 10.1. The van der Waals surface area contributed by atoms with E-state index in [4.69, 9.17) is 0 Å². The molecule has 1 aromatic carbocycles. The predicted octanol–water partition coefficient (Wildman–Crippen LogP) is 3.71. The molecule has 21 heavy (non-hydrogen) atoms. The van der Waals surface area contributed by atoms with Crippen molar-refractivity contribution in [1.82, 2.24) is 10.2 Å². The molecule has 0 bridgehead atoms. The highest BCUT2D eigenvalue weighted by Crippen LogP contribution is 2.31. The van der Waals surface area contributed by atoms with Crippen molar-refractivity contribution in [2.24, 2.45) is 0 Å². The Kier molecular flexibility index (Phi) is 5.65. The largest absolute Gasteiger partial charge is 0.401 e. The fourth-order valence-electron chi connectivity index (χ4n) is 2.49. The first kappa shape index (κ1) is 16.3. The Balaban J connectivity index is 2.02. The molecule has 2 rings (SSSR count). The second kappa shape index (κ2) is 7.27. The molecule has 2 nitrogen and oxygen atoms in total. The third-order valence-electron chi connectivity index (χ3n) is 3.68. The molecule has 0 spiro atoms. The molecular weight excluding hydrogens is 277 g/mol. The van der Waals surface area contributed by atoms with Gasteiger partial charge in [0.05, 0.1) is 6.54 Å². The maximum absolute atomic E-state index is 12.7. The zero-order valence-corrected chi connectivity index (χ0v) is 12.4. The molecule has 1 fully saturated rings. The third kappa shape index (κ3) is 5.67. The van der Waals surface area contributed by atoms with Gasteiger partial charge in [0.1, 0.15) is 0 Å². The number of halogens is 3. The minimum atomic E-state index is -4.13. The van der Waals surface area contributed by atoms with Gasteiger partial charge in [-0.05, 0) is 36.9 Å². The van der Waals surface area contributed by atoms with Crippen LogP contribution in [-0.4, -0.2) is 30.2 Å². The van der Waals surface area contributed by atoms with Gasteiger partial charge in [-0.2, -0.15) is 13.2 Å². The second-order valence-corrected chi connectivity index (χ2v) is 5.70. The van der Waals surface area contributed by atoms with E-state index in [0.29, 0.717) is 13.1 Å². The second-order valence-electron chi connectivity index (χ2n) is 5.70. The van der Waals surface area contributed by atoms with Crippen molar-refractivity contribution in [3.63, 3.8) is 0 Å². The molecule has 0 aromatic heterocycles. The summed E-state index contributed by atoms with van der Waals surface area (Å²) in [4.78, 5) is 1.57. The average Bonchev–Trinajstić information content (AvgIpc) is 3.23. The summed E-state index contributed by atoms with van der Waals surface area (Å²) in [6.45, 7) is 3.30. The van der Waals surface area contributed by atoms with E-state index in [2.05, 4.69) is 12.2 Å². The van der Waals surface area contributed by atoms with Crippen LogP contribution in [0.15, 0.2) is 24.3 Å². The number of nitrogens with zero attached hydrogens (tertiary/aromatic N) is 1. The average molecular weight is 300 g/mol. The monoisotopic (exact) mass is 300 g/mol. The van der Waals surface area contributed by atoms with Crippen LogP contribution in [0.1, 0.15) is 37.3 Å². The molecule has 1 aliphatic carbocycles. The number of nitrogens with one attached hydrogen (secondary N) is 1. The van der Waals surface area contributed by atoms with Gasteiger partial charge in [-0.15, -0.1) is 0 Å². The van der Waals surface area contributed by atoms with Crippen molar-refractivity contribution >= 4 is 0 Å². The van der Waals surface area contributed by atoms with E-state index in [1.54, 1.807) is 4.90 Å². The molecule has 0 unspecified atom stereocenters. The van der Waals surface area contributed by atoms with Crippen molar-refractivity contribution in [3.05, 3.63) is 35.4 Å². The first-order chi connectivity index (χ1) is 9.99. The summed E-state index contributed by atoms with van der Waals surface area (Å²) in [6, 6.07) is 7.88. The van der Waals surface area contributed by atoms with E-state index >= 15 is 0 Å². The van der Waals surface area contributed by atoms with Crippen LogP contribution in [0.25, 0.3) is 0 Å². The Labute approximate surface area is 124 Å². The van der Waals surface area contributed by atoms with Crippen molar-refractivity contribution in [2.45, 2.75) is 51.5 Å². The van der Waals surface area contributed by atoms with Gasteiger partial charge in [0, 0.05) is 19.1 Å².